The van der Waals surface area contributed by atoms with Crippen molar-refractivity contribution in [3.63, 3.8) is 0 Å². The van der Waals surface area contributed by atoms with Gasteiger partial charge < -0.3 is 9.84 Å². The van der Waals surface area contributed by atoms with E-state index in [4.69, 9.17) is 9.94 Å². The van der Waals surface area contributed by atoms with Gasteiger partial charge in [0.25, 0.3) is 11.8 Å². The van der Waals surface area contributed by atoms with Crippen molar-refractivity contribution in [1.29, 1.82) is 0 Å². The van der Waals surface area contributed by atoms with E-state index in [-0.39, 0.29) is 17.5 Å². The first-order valence-corrected chi connectivity index (χ1v) is 8.06. The largest absolute Gasteiger partial charge is 0.505 e. The third-order valence-electron chi connectivity index (χ3n) is 3.57. The van der Waals surface area contributed by atoms with Gasteiger partial charge in [0.05, 0.1) is 0 Å². The maximum Gasteiger partial charge on any atom is 0.414 e. The predicted molar refractivity (Wildman–Crippen MR) is 94.9 cm³/mol. The number of phenolic OH excluding ortho intramolecular Hbond substituents is 1. The third-order valence-corrected chi connectivity index (χ3v) is 3.57. The van der Waals surface area contributed by atoms with Crippen LogP contribution in [0.4, 0.5) is 9.18 Å². The fraction of sp³-hybridized carbons (Fsp3) is 0.105. The molecule has 3 amide bonds. The van der Waals surface area contributed by atoms with Crippen molar-refractivity contribution in [3.8, 4) is 5.75 Å². The van der Waals surface area contributed by atoms with Crippen LogP contribution in [0.15, 0.2) is 60.7 Å². The zero-order valence-corrected chi connectivity index (χ0v) is 14.5. The zero-order valence-electron chi connectivity index (χ0n) is 14.5. The normalized spacial score (nSPS) is 11.6. The van der Waals surface area contributed by atoms with E-state index in [1.165, 1.54) is 29.8 Å². The SMILES string of the molecule is O=C(/C=C/C[C@@H](OC(=O)NC(=O)c1ccccc1)c1ccc(O)c(F)c1)NO. The number of aromatic hydroxyl groups is 1. The summed E-state index contributed by atoms with van der Waals surface area (Å²) < 4.78 is 18.8. The molecule has 146 valence electrons. The Morgan fingerprint density at radius 3 is 2.50 bits per heavy atom. The fourth-order valence-electron chi connectivity index (χ4n) is 2.22. The molecule has 2 aromatic carbocycles. The topological polar surface area (TPSA) is 125 Å². The number of nitrogens with one attached hydrogen (secondary N) is 2. The molecule has 0 bridgehead atoms. The summed E-state index contributed by atoms with van der Waals surface area (Å²) in [5.74, 6) is -3.00. The maximum atomic E-state index is 13.6. The first-order chi connectivity index (χ1) is 13.4. The Morgan fingerprint density at radius 1 is 1.14 bits per heavy atom. The van der Waals surface area contributed by atoms with E-state index < -0.39 is 35.6 Å². The summed E-state index contributed by atoms with van der Waals surface area (Å²) in [4.78, 5) is 35.1. The van der Waals surface area contributed by atoms with E-state index in [1.807, 2.05) is 5.32 Å². The monoisotopic (exact) mass is 388 g/mol. The number of carbonyl (C=O) groups excluding carboxylic acids is 3. The molecule has 0 fully saturated rings. The number of alkyl carbamates (subject to hydrolysis) is 1. The molecule has 0 radical (unpaired) electrons. The van der Waals surface area contributed by atoms with Crippen LogP contribution in [0.2, 0.25) is 0 Å². The molecule has 0 saturated carbocycles. The van der Waals surface area contributed by atoms with E-state index in [2.05, 4.69) is 0 Å². The van der Waals surface area contributed by atoms with E-state index in [1.54, 1.807) is 18.2 Å². The van der Waals surface area contributed by atoms with Crippen LogP contribution < -0.4 is 10.8 Å². The highest BCUT2D eigenvalue weighted by atomic mass is 19.1. The van der Waals surface area contributed by atoms with E-state index in [9.17, 15) is 23.9 Å². The van der Waals surface area contributed by atoms with Crippen LogP contribution in [0.25, 0.3) is 0 Å². The number of hydrogen-bond acceptors (Lipinski definition) is 6. The van der Waals surface area contributed by atoms with Crippen molar-refractivity contribution in [2.75, 3.05) is 0 Å². The number of hydrogen-bond donors (Lipinski definition) is 4. The maximum absolute atomic E-state index is 13.6. The van der Waals surface area contributed by atoms with Gasteiger partial charge in [-0.3, -0.25) is 20.1 Å². The minimum absolute atomic E-state index is 0.0649. The predicted octanol–water partition coefficient (Wildman–Crippen LogP) is 2.59. The van der Waals surface area contributed by atoms with Crippen LogP contribution in [0.1, 0.15) is 28.4 Å². The van der Waals surface area contributed by atoms with Crippen molar-refractivity contribution >= 4 is 17.9 Å². The van der Waals surface area contributed by atoms with Gasteiger partial charge in [0.15, 0.2) is 11.6 Å². The molecule has 0 aliphatic heterocycles. The molecule has 0 aliphatic carbocycles. The molecular formula is C19H17FN2O6. The summed E-state index contributed by atoms with van der Waals surface area (Å²) in [5, 5.41) is 19.8. The van der Waals surface area contributed by atoms with Crippen molar-refractivity contribution in [2.45, 2.75) is 12.5 Å². The molecule has 28 heavy (non-hydrogen) atoms. The molecule has 0 unspecified atom stereocenters. The quantitative estimate of drug-likeness (QED) is 0.342. The lowest BCUT2D eigenvalue weighted by Gasteiger charge is -2.17. The van der Waals surface area contributed by atoms with Gasteiger partial charge in [-0.1, -0.05) is 30.3 Å². The van der Waals surface area contributed by atoms with Gasteiger partial charge in [-0.05, 0) is 29.8 Å². The van der Waals surface area contributed by atoms with Gasteiger partial charge in [-0.15, -0.1) is 0 Å². The molecule has 0 aromatic heterocycles. The molecule has 2 rings (SSSR count). The number of ether oxygens (including phenoxy) is 1. The van der Waals surface area contributed by atoms with Crippen molar-refractivity contribution in [3.05, 3.63) is 77.6 Å². The van der Waals surface area contributed by atoms with Crippen LogP contribution in [0.3, 0.4) is 0 Å². The number of benzene rings is 2. The number of hydroxylamine groups is 1. The molecule has 0 spiro atoms. The Balaban J connectivity index is 2.12. The van der Waals surface area contributed by atoms with Gasteiger partial charge in [0, 0.05) is 18.1 Å². The van der Waals surface area contributed by atoms with E-state index in [0.717, 1.165) is 18.2 Å². The molecule has 9 heteroatoms. The lowest BCUT2D eigenvalue weighted by Crippen LogP contribution is -2.32. The summed E-state index contributed by atoms with van der Waals surface area (Å²) in [6.45, 7) is 0. The summed E-state index contributed by atoms with van der Waals surface area (Å²) >= 11 is 0. The average Bonchev–Trinajstić information content (AvgIpc) is 2.69. The molecule has 0 saturated heterocycles. The van der Waals surface area contributed by atoms with Crippen LogP contribution in [-0.2, 0) is 9.53 Å². The van der Waals surface area contributed by atoms with Gasteiger partial charge in [-0.25, -0.2) is 14.7 Å². The van der Waals surface area contributed by atoms with Gasteiger partial charge in [0.2, 0.25) is 0 Å². The minimum Gasteiger partial charge on any atom is -0.505 e. The highest BCUT2D eigenvalue weighted by Gasteiger charge is 2.19. The molecule has 8 nitrogen and oxygen atoms in total. The number of imide groups is 1. The molecular weight excluding hydrogens is 371 g/mol. The first kappa shape index (κ1) is 20.6. The molecule has 2 aromatic rings. The molecule has 4 N–H and O–H groups in total. The first-order valence-electron chi connectivity index (χ1n) is 8.06. The van der Waals surface area contributed by atoms with Crippen molar-refractivity contribution in [1.82, 2.24) is 10.8 Å². The highest BCUT2D eigenvalue weighted by molar-refractivity contribution is 6.02. The smallest absolute Gasteiger partial charge is 0.414 e. The minimum atomic E-state index is -1.08. The summed E-state index contributed by atoms with van der Waals surface area (Å²) in [7, 11) is 0. The number of phenols is 1. The van der Waals surface area contributed by atoms with E-state index >= 15 is 0 Å². The number of amides is 3. The van der Waals surface area contributed by atoms with Crippen LogP contribution in [0, 0.1) is 5.82 Å². The van der Waals surface area contributed by atoms with Gasteiger partial charge in [0.1, 0.15) is 6.10 Å². The fourth-order valence-corrected chi connectivity index (χ4v) is 2.22. The van der Waals surface area contributed by atoms with Crippen LogP contribution in [-0.4, -0.2) is 28.2 Å². The lowest BCUT2D eigenvalue weighted by atomic mass is 10.1. The summed E-state index contributed by atoms with van der Waals surface area (Å²) in [6, 6.07) is 11.3. The second kappa shape index (κ2) is 9.83. The van der Waals surface area contributed by atoms with Gasteiger partial charge in [-0.2, -0.15) is 0 Å². The Morgan fingerprint density at radius 2 is 1.86 bits per heavy atom. The molecule has 0 heterocycles. The Bertz CT molecular complexity index is 885. The molecule has 0 aliphatic rings. The highest BCUT2D eigenvalue weighted by Crippen LogP contribution is 2.26. The Hall–Kier alpha value is -3.72. The van der Waals surface area contributed by atoms with E-state index in [0.29, 0.717) is 0 Å². The number of carbonyl (C=O) groups is 3. The third kappa shape index (κ3) is 5.92. The Labute approximate surface area is 159 Å². The number of halogens is 1. The lowest BCUT2D eigenvalue weighted by molar-refractivity contribution is -0.124. The van der Waals surface area contributed by atoms with Crippen molar-refractivity contribution < 1.29 is 33.8 Å². The zero-order chi connectivity index (χ0) is 20.5. The second-order valence-electron chi connectivity index (χ2n) is 5.54. The number of rotatable bonds is 6. The van der Waals surface area contributed by atoms with Crippen molar-refractivity contribution in [2.24, 2.45) is 0 Å². The standard InChI is InChI=1S/C19H17FN2O6/c20-14-11-13(9-10-15(14)23)16(7-4-8-17(24)22-27)28-19(26)21-18(25)12-5-2-1-3-6-12/h1-6,8-11,16,23,27H,7H2,(H,22,24)(H,21,25,26)/b8-4+/t16-/m1/s1. The van der Waals surface area contributed by atoms with Gasteiger partial charge >= 0.3 is 6.09 Å². The average molecular weight is 388 g/mol. The van der Waals surface area contributed by atoms with Crippen LogP contribution >= 0.6 is 0 Å². The summed E-state index contributed by atoms with van der Waals surface area (Å²) in [6.07, 6.45) is 0.0617. The Kier molecular flexibility index (Phi) is 7.23. The molecule has 1 atom stereocenters. The van der Waals surface area contributed by atoms with Crippen LogP contribution in [0.5, 0.6) is 5.75 Å². The summed E-state index contributed by atoms with van der Waals surface area (Å²) in [5.41, 5.74) is 1.83. The second-order valence-corrected chi connectivity index (χ2v) is 5.54.